The summed E-state index contributed by atoms with van der Waals surface area (Å²) in [6.07, 6.45) is 0. The van der Waals surface area contributed by atoms with Gasteiger partial charge in [-0.25, -0.2) is 0 Å². The molecular weight excluding hydrogens is 377 g/mol. The highest BCUT2D eigenvalue weighted by Gasteiger charge is 2.17. The van der Waals surface area contributed by atoms with Crippen LogP contribution < -0.4 is 5.73 Å². The molecule has 0 saturated heterocycles. The van der Waals surface area contributed by atoms with Gasteiger partial charge in [-0.2, -0.15) is 4.68 Å². The number of anilines is 1. The summed E-state index contributed by atoms with van der Waals surface area (Å²) < 4.78 is 2.25. The third kappa shape index (κ3) is 2.50. The first-order chi connectivity index (χ1) is 10.1. The van der Waals surface area contributed by atoms with Gasteiger partial charge >= 0.3 is 0 Å². The fraction of sp³-hybridized carbons (Fsp3) is 0. The van der Waals surface area contributed by atoms with Crippen LogP contribution in [0.25, 0.3) is 17.1 Å². The lowest BCUT2D eigenvalue weighted by molar-refractivity contribution is 0.789. The smallest absolute Gasteiger partial charge is 0.188 e. The molecule has 1 aromatic heterocycles. The van der Waals surface area contributed by atoms with E-state index in [4.69, 9.17) is 28.9 Å². The number of halogens is 3. The number of hydrogen-bond acceptors (Lipinski definition) is 4. The van der Waals surface area contributed by atoms with Crippen molar-refractivity contribution in [2.24, 2.45) is 0 Å². The van der Waals surface area contributed by atoms with E-state index in [1.807, 2.05) is 12.1 Å². The zero-order valence-corrected chi connectivity index (χ0v) is 13.6. The summed E-state index contributed by atoms with van der Waals surface area (Å²) in [5.41, 5.74) is 7.65. The van der Waals surface area contributed by atoms with Gasteiger partial charge in [0.15, 0.2) is 5.82 Å². The Morgan fingerprint density at radius 3 is 2.67 bits per heavy atom. The normalized spacial score (nSPS) is 10.8. The molecule has 2 N–H and O–H groups in total. The number of nitrogen functional groups attached to an aromatic ring is 1. The average molecular weight is 385 g/mol. The molecule has 0 radical (unpaired) electrons. The summed E-state index contributed by atoms with van der Waals surface area (Å²) in [7, 11) is 0. The third-order valence-corrected chi connectivity index (χ3v) is 4.70. The van der Waals surface area contributed by atoms with Crippen molar-refractivity contribution >= 4 is 44.8 Å². The van der Waals surface area contributed by atoms with Crippen molar-refractivity contribution in [3.63, 3.8) is 0 Å². The third-order valence-electron chi connectivity index (χ3n) is 2.90. The van der Waals surface area contributed by atoms with E-state index in [9.17, 15) is 0 Å². The highest BCUT2D eigenvalue weighted by atomic mass is 79.9. The zero-order chi connectivity index (χ0) is 15.0. The van der Waals surface area contributed by atoms with Crippen LogP contribution in [0.3, 0.4) is 0 Å². The Balaban J connectivity index is 2.22. The molecule has 0 atom stereocenters. The van der Waals surface area contributed by atoms with Gasteiger partial charge in [0, 0.05) is 5.56 Å². The molecule has 0 bridgehead atoms. The van der Waals surface area contributed by atoms with Crippen LogP contribution in [0.1, 0.15) is 0 Å². The Hall–Kier alpha value is -1.63. The maximum absolute atomic E-state index is 6.24. The van der Waals surface area contributed by atoms with Crippen LogP contribution in [-0.2, 0) is 0 Å². The lowest BCUT2D eigenvalue weighted by Gasteiger charge is -2.09. The molecule has 8 heteroatoms. The van der Waals surface area contributed by atoms with Crippen molar-refractivity contribution in [1.82, 2.24) is 20.2 Å². The Morgan fingerprint density at radius 2 is 1.86 bits per heavy atom. The average Bonchev–Trinajstić information content (AvgIpc) is 2.94. The molecule has 0 aliphatic carbocycles. The highest BCUT2D eigenvalue weighted by Crippen LogP contribution is 2.34. The Morgan fingerprint density at radius 1 is 1.10 bits per heavy atom. The van der Waals surface area contributed by atoms with Gasteiger partial charge < -0.3 is 5.73 Å². The van der Waals surface area contributed by atoms with Crippen LogP contribution in [0.15, 0.2) is 40.9 Å². The lowest BCUT2D eigenvalue weighted by Crippen LogP contribution is -2.02. The van der Waals surface area contributed by atoms with Crippen LogP contribution in [0, 0.1) is 0 Å². The minimum atomic E-state index is 0.409. The first-order valence-corrected chi connectivity index (χ1v) is 7.41. The second kappa shape index (κ2) is 5.63. The van der Waals surface area contributed by atoms with Gasteiger partial charge in [0.25, 0.3) is 0 Å². The van der Waals surface area contributed by atoms with Crippen LogP contribution in [0.5, 0.6) is 0 Å². The van der Waals surface area contributed by atoms with Gasteiger partial charge in [0.1, 0.15) is 0 Å². The number of hydrogen-bond donors (Lipinski definition) is 1. The summed E-state index contributed by atoms with van der Waals surface area (Å²) in [5, 5.41) is 12.7. The molecule has 0 saturated carbocycles. The summed E-state index contributed by atoms with van der Waals surface area (Å²) in [4.78, 5) is 0. The van der Waals surface area contributed by atoms with Gasteiger partial charge in [-0.15, -0.1) is 5.10 Å². The zero-order valence-electron chi connectivity index (χ0n) is 10.5. The van der Waals surface area contributed by atoms with Crippen LogP contribution in [0.2, 0.25) is 10.0 Å². The van der Waals surface area contributed by atoms with E-state index in [1.54, 1.807) is 28.9 Å². The van der Waals surface area contributed by atoms with Crippen molar-refractivity contribution in [2.45, 2.75) is 0 Å². The summed E-state index contributed by atoms with van der Waals surface area (Å²) in [6, 6.07) is 10.7. The summed E-state index contributed by atoms with van der Waals surface area (Å²) >= 11 is 15.8. The molecule has 5 nitrogen and oxygen atoms in total. The van der Waals surface area contributed by atoms with Crippen LogP contribution in [0.4, 0.5) is 5.69 Å². The van der Waals surface area contributed by atoms with E-state index in [1.165, 1.54) is 0 Å². The first-order valence-electron chi connectivity index (χ1n) is 5.86. The monoisotopic (exact) mass is 383 g/mol. The Labute approximate surface area is 138 Å². The molecule has 0 unspecified atom stereocenters. The van der Waals surface area contributed by atoms with Gasteiger partial charge in [-0.1, -0.05) is 35.3 Å². The minimum absolute atomic E-state index is 0.409. The van der Waals surface area contributed by atoms with E-state index in [-0.39, 0.29) is 0 Å². The van der Waals surface area contributed by atoms with E-state index >= 15 is 0 Å². The molecule has 0 spiro atoms. The number of nitrogens with two attached hydrogens (primary N) is 1. The lowest BCUT2D eigenvalue weighted by atomic mass is 10.2. The quantitative estimate of drug-likeness (QED) is 0.678. The molecule has 0 aliphatic rings. The Kier molecular flexibility index (Phi) is 3.84. The molecule has 106 valence electrons. The highest BCUT2D eigenvalue weighted by molar-refractivity contribution is 9.10. The Bertz CT molecular complexity index is 752. The SMILES string of the molecule is Nc1cccc(-c2nnnn2-c2cccc(Cl)c2Br)c1Cl. The number of benzene rings is 2. The van der Waals surface area contributed by atoms with Gasteiger partial charge in [0.2, 0.25) is 0 Å². The fourth-order valence-electron chi connectivity index (χ4n) is 1.90. The van der Waals surface area contributed by atoms with Crippen molar-refractivity contribution in [3.05, 3.63) is 50.9 Å². The van der Waals surface area contributed by atoms with E-state index < -0.39 is 0 Å². The molecule has 0 aliphatic heterocycles. The molecule has 0 fully saturated rings. The predicted octanol–water partition coefficient (Wildman–Crippen LogP) is 3.98. The van der Waals surface area contributed by atoms with Crippen LogP contribution >= 0.6 is 39.1 Å². The number of rotatable bonds is 2. The number of aromatic nitrogens is 4. The largest absolute Gasteiger partial charge is 0.398 e. The number of nitrogens with zero attached hydrogens (tertiary/aromatic N) is 4. The number of tetrazole rings is 1. The van der Waals surface area contributed by atoms with Gasteiger partial charge in [0.05, 0.1) is 25.9 Å². The molecule has 0 amide bonds. The van der Waals surface area contributed by atoms with Crippen molar-refractivity contribution < 1.29 is 0 Å². The minimum Gasteiger partial charge on any atom is -0.398 e. The summed E-state index contributed by atoms with van der Waals surface area (Å²) in [5.74, 6) is 0.482. The topological polar surface area (TPSA) is 69.6 Å². The molecule has 1 heterocycles. The van der Waals surface area contributed by atoms with E-state index in [0.717, 1.165) is 0 Å². The first kappa shape index (κ1) is 14.3. The van der Waals surface area contributed by atoms with Gasteiger partial charge in [-0.3, -0.25) is 0 Å². The molecule has 3 aromatic rings. The van der Waals surface area contributed by atoms with Gasteiger partial charge in [-0.05, 0) is 50.6 Å². The van der Waals surface area contributed by atoms with E-state index in [0.29, 0.717) is 37.3 Å². The molecular formula is C13H8BrCl2N5. The van der Waals surface area contributed by atoms with Crippen molar-refractivity contribution in [3.8, 4) is 17.1 Å². The fourth-order valence-corrected chi connectivity index (χ4v) is 2.71. The summed E-state index contributed by atoms with van der Waals surface area (Å²) in [6.45, 7) is 0. The predicted molar refractivity (Wildman–Crippen MR) is 86.7 cm³/mol. The maximum Gasteiger partial charge on any atom is 0.188 e. The second-order valence-electron chi connectivity index (χ2n) is 4.20. The second-order valence-corrected chi connectivity index (χ2v) is 5.77. The standard InChI is InChI=1S/C13H8BrCl2N5/c14-11-8(15)4-2-6-10(11)21-13(18-19-20-21)7-3-1-5-9(17)12(7)16/h1-6H,17H2. The van der Waals surface area contributed by atoms with Crippen molar-refractivity contribution in [2.75, 3.05) is 5.73 Å². The maximum atomic E-state index is 6.24. The molecule has 2 aromatic carbocycles. The molecule has 3 rings (SSSR count). The van der Waals surface area contributed by atoms with Crippen LogP contribution in [-0.4, -0.2) is 20.2 Å². The van der Waals surface area contributed by atoms with E-state index in [2.05, 4.69) is 31.5 Å². The van der Waals surface area contributed by atoms with Crippen molar-refractivity contribution in [1.29, 1.82) is 0 Å². The molecule has 21 heavy (non-hydrogen) atoms.